The summed E-state index contributed by atoms with van der Waals surface area (Å²) < 4.78 is 57.5. The minimum atomic E-state index is -4.53. The highest BCUT2D eigenvalue weighted by atomic mass is 32.2. The molecule has 4 nitrogen and oxygen atoms in total. The highest BCUT2D eigenvalue weighted by Gasteiger charge is 2.33. The van der Waals surface area contributed by atoms with E-state index < -0.39 is 22.5 Å². The van der Waals surface area contributed by atoms with Crippen molar-refractivity contribution in [3.63, 3.8) is 0 Å². The van der Waals surface area contributed by atoms with Crippen LogP contribution in [-0.2, 0) is 17.0 Å². The van der Waals surface area contributed by atoms with Gasteiger partial charge in [-0.1, -0.05) is 29.8 Å². The molecule has 0 aliphatic rings. The van der Waals surface area contributed by atoms with Gasteiger partial charge in [0, 0.05) is 4.90 Å². The lowest BCUT2D eigenvalue weighted by Gasteiger charge is -2.10. The Labute approximate surface area is 168 Å². The normalized spacial score (nSPS) is 12.9. The average molecular weight is 418 g/mol. The van der Waals surface area contributed by atoms with E-state index in [0.717, 1.165) is 11.6 Å². The monoisotopic (exact) mass is 418 g/mol. The van der Waals surface area contributed by atoms with Gasteiger partial charge in [-0.25, -0.2) is 4.21 Å². The third-order valence-corrected chi connectivity index (χ3v) is 5.48. The number of ether oxygens (including phenoxy) is 1. The maximum absolute atomic E-state index is 13.1. The number of aryl methyl sites for hydroxylation is 1. The van der Waals surface area contributed by atoms with E-state index >= 15 is 0 Å². The van der Waals surface area contributed by atoms with E-state index in [1.807, 2.05) is 19.1 Å². The first-order valence-electron chi connectivity index (χ1n) is 8.54. The number of rotatable bonds is 5. The lowest BCUT2D eigenvalue weighted by Crippen LogP contribution is -2.04. The van der Waals surface area contributed by atoms with Crippen molar-refractivity contribution in [2.75, 3.05) is 7.11 Å². The van der Waals surface area contributed by atoms with E-state index in [4.69, 9.17) is 4.74 Å². The second-order valence-electron chi connectivity index (χ2n) is 6.13. The van der Waals surface area contributed by atoms with Crippen LogP contribution >= 0.6 is 0 Å². The summed E-state index contributed by atoms with van der Waals surface area (Å²) in [6.45, 7) is 1.92. The Hall–Kier alpha value is -3.00. The molecule has 0 amide bonds. The minimum absolute atomic E-state index is 0.262. The molecule has 3 aromatic rings. The van der Waals surface area contributed by atoms with Gasteiger partial charge in [-0.05, 0) is 49.4 Å². The van der Waals surface area contributed by atoms with Crippen LogP contribution in [0.3, 0.4) is 0 Å². The lowest BCUT2D eigenvalue weighted by molar-refractivity contribution is -0.137. The van der Waals surface area contributed by atoms with E-state index in [1.165, 1.54) is 37.4 Å². The molecule has 0 aromatic heterocycles. The second kappa shape index (κ2) is 8.57. The van der Waals surface area contributed by atoms with Crippen molar-refractivity contribution in [2.45, 2.75) is 22.9 Å². The van der Waals surface area contributed by atoms with Gasteiger partial charge in [0.2, 0.25) is 0 Å². The van der Waals surface area contributed by atoms with Crippen LogP contribution in [0.5, 0.6) is 5.75 Å². The first kappa shape index (κ1) is 20.7. The Kier molecular flexibility index (Phi) is 6.12. The Bertz CT molecular complexity index is 1060. The van der Waals surface area contributed by atoms with Crippen LogP contribution in [0, 0.1) is 6.92 Å². The lowest BCUT2D eigenvalue weighted by atomic mass is 10.2. The van der Waals surface area contributed by atoms with Crippen LogP contribution in [-0.4, -0.2) is 11.3 Å². The second-order valence-corrected chi connectivity index (χ2v) is 7.58. The number of alkyl halides is 3. The molecule has 1 unspecified atom stereocenters. The Morgan fingerprint density at radius 3 is 2.28 bits per heavy atom. The number of nitrogens with zero attached hydrogens (tertiary/aromatic N) is 2. The summed E-state index contributed by atoms with van der Waals surface area (Å²) in [4.78, 5) is 0.933. The highest BCUT2D eigenvalue weighted by Crippen LogP contribution is 2.37. The average Bonchev–Trinajstić information content (AvgIpc) is 2.71. The Morgan fingerprint density at radius 1 is 0.931 bits per heavy atom. The first-order chi connectivity index (χ1) is 13.8. The first-order valence-corrected chi connectivity index (χ1v) is 9.69. The van der Waals surface area contributed by atoms with Crippen molar-refractivity contribution in [1.82, 2.24) is 0 Å². The number of hydrogen-bond acceptors (Lipinski definition) is 4. The van der Waals surface area contributed by atoms with Crippen molar-refractivity contribution >= 4 is 22.2 Å². The molecule has 8 heteroatoms. The van der Waals surface area contributed by atoms with E-state index in [1.54, 1.807) is 18.2 Å². The van der Waals surface area contributed by atoms with Crippen LogP contribution in [0.2, 0.25) is 0 Å². The van der Waals surface area contributed by atoms with Crippen molar-refractivity contribution in [2.24, 2.45) is 10.2 Å². The van der Waals surface area contributed by atoms with Crippen molar-refractivity contribution in [3.05, 3.63) is 77.9 Å². The largest absolute Gasteiger partial charge is 0.495 e. The standard InChI is InChI=1S/C21H17F3N2O2S/c1-14-7-10-16(11-8-14)29(27)20-13-15(9-12-19(20)28-2)25-26-18-6-4-3-5-17(18)21(22,23)24/h3-13H,1-2H3. The summed E-state index contributed by atoms with van der Waals surface area (Å²) in [5.41, 5.74) is 0.125. The predicted octanol–water partition coefficient (Wildman–Crippen LogP) is 6.60. The van der Waals surface area contributed by atoms with Gasteiger partial charge >= 0.3 is 6.18 Å². The van der Waals surface area contributed by atoms with Crippen molar-refractivity contribution in [3.8, 4) is 5.75 Å². The molecule has 0 aliphatic heterocycles. The fraction of sp³-hybridized carbons (Fsp3) is 0.143. The summed E-state index contributed by atoms with van der Waals surface area (Å²) in [5, 5.41) is 7.66. The maximum Gasteiger partial charge on any atom is 0.418 e. The quantitative estimate of drug-likeness (QED) is 0.438. The SMILES string of the molecule is COc1ccc(N=Nc2ccccc2C(F)(F)F)cc1S(=O)c1ccc(C)cc1. The van der Waals surface area contributed by atoms with Crippen LogP contribution < -0.4 is 4.74 Å². The van der Waals surface area contributed by atoms with Crippen molar-refractivity contribution < 1.29 is 22.1 Å². The van der Waals surface area contributed by atoms with Gasteiger partial charge in [0.05, 0.1) is 39.7 Å². The van der Waals surface area contributed by atoms with E-state index in [9.17, 15) is 17.4 Å². The molecular weight excluding hydrogens is 401 g/mol. The molecule has 150 valence electrons. The highest BCUT2D eigenvalue weighted by molar-refractivity contribution is 7.85. The maximum atomic E-state index is 13.1. The molecule has 0 bridgehead atoms. The number of halogens is 3. The molecule has 0 radical (unpaired) electrons. The number of methoxy groups -OCH3 is 1. The van der Waals surface area contributed by atoms with Gasteiger partial charge in [0.15, 0.2) is 0 Å². The Morgan fingerprint density at radius 2 is 1.62 bits per heavy atom. The molecule has 0 aliphatic carbocycles. The van der Waals surface area contributed by atoms with Crippen LogP contribution in [0.4, 0.5) is 24.5 Å². The van der Waals surface area contributed by atoms with Crippen molar-refractivity contribution in [1.29, 1.82) is 0 Å². The Balaban J connectivity index is 1.97. The molecule has 0 fully saturated rings. The smallest absolute Gasteiger partial charge is 0.418 e. The zero-order valence-corrected chi connectivity index (χ0v) is 16.4. The number of hydrogen-bond donors (Lipinski definition) is 0. The van der Waals surface area contributed by atoms with Gasteiger partial charge in [-0.3, -0.25) is 0 Å². The van der Waals surface area contributed by atoms with Gasteiger partial charge in [0.25, 0.3) is 0 Å². The molecule has 0 heterocycles. The summed E-state index contributed by atoms with van der Waals surface area (Å²) >= 11 is 0. The van der Waals surface area contributed by atoms with Crippen LogP contribution in [0.15, 0.2) is 86.7 Å². The van der Waals surface area contributed by atoms with Crippen LogP contribution in [0.1, 0.15) is 11.1 Å². The minimum Gasteiger partial charge on any atom is -0.495 e. The topological polar surface area (TPSA) is 51.0 Å². The zero-order valence-electron chi connectivity index (χ0n) is 15.6. The van der Waals surface area contributed by atoms with Gasteiger partial charge in [-0.15, -0.1) is 5.11 Å². The molecular formula is C21H17F3N2O2S. The molecule has 0 saturated carbocycles. The molecule has 1 atom stereocenters. The summed E-state index contributed by atoms with van der Waals surface area (Å²) in [6.07, 6.45) is -4.53. The molecule has 0 saturated heterocycles. The summed E-state index contributed by atoms with van der Waals surface area (Å²) in [7, 11) is -0.0996. The predicted molar refractivity (Wildman–Crippen MR) is 104 cm³/mol. The third kappa shape index (κ3) is 4.89. The molecule has 3 aromatic carbocycles. The third-order valence-electron chi connectivity index (χ3n) is 4.06. The summed E-state index contributed by atoms with van der Waals surface area (Å²) in [5.74, 6) is 0.388. The molecule has 29 heavy (non-hydrogen) atoms. The van der Waals surface area contributed by atoms with Gasteiger partial charge in [-0.2, -0.15) is 18.3 Å². The van der Waals surface area contributed by atoms with Gasteiger partial charge in [0.1, 0.15) is 5.75 Å². The number of benzene rings is 3. The van der Waals surface area contributed by atoms with Crippen LogP contribution in [0.25, 0.3) is 0 Å². The zero-order chi connectivity index (χ0) is 21.0. The fourth-order valence-electron chi connectivity index (χ4n) is 2.57. The molecule has 0 N–H and O–H groups in total. The number of azo groups is 1. The van der Waals surface area contributed by atoms with Gasteiger partial charge < -0.3 is 4.74 Å². The van der Waals surface area contributed by atoms with E-state index in [2.05, 4.69) is 10.2 Å². The molecule has 3 rings (SSSR count). The molecule has 0 spiro atoms. The summed E-state index contributed by atoms with van der Waals surface area (Å²) in [6, 6.07) is 16.7. The fourth-order valence-corrected chi connectivity index (χ4v) is 3.77. The van der Waals surface area contributed by atoms with E-state index in [-0.39, 0.29) is 11.4 Å². The van der Waals surface area contributed by atoms with E-state index in [0.29, 0.717) is 15.5 Å².